The molecule has 3 aliphatic rings. The van der Waals surface area contributed by atoms with Gasteiger partial charge in [0.25, 0.3) is 20.2 Å². The molecular formula is C60H84N2O17S2. The lowest BCUT2D eigenvalue weighted by molar-refractivity contribution is -0.139. The van der Waals surface area contributed by atoms with E-state index < -0.39 is 44.0 Å². The summed E-state index contributed by atoms with van der Waals surface area (Å²) in [4.78, 5) is 15.6. The number of benzene rings is 3. The van der Waals surface area contributed by atoms with Gasteiger partial charge in [0.2, 0.25) is 0 Å². The number of fused-ring (bicyclic) bond motifs is 2. The molecule has 6 rings (SSSR count). The molecule has 2 aliphatic heterocycles. The maximum Gasteiger partial charge on any atom is 0.341 e. The number of anilines is 2. The molecule has 3 aromatic rings. The Balaban J connectivity index is 1.39. The third-order valence-corrected chi connectivity index (χ3v) is 16.6. The Hall–Kier alpha value is -5.01. The van der Waals surface area contributed by atoms with E-state index in [1.165, 1.54) is 23.4 Å². The van der Waals surface area contributed by atoms with Crippen LogP contribution in [0.3, 0.4) is 0 Å². The Bertz CT molecular complexity index is 2840. The zero-order valence-corrected chi connectivity index (χ0v) is 49.3. The van der Waals surface area contributed by atoms with Crippen molar-refractivity contribution < 1.29 is 78.5 Å². The fourth-order valence-corrected chi connectivity index (χ4v) is 11.9. The van der Waals surface area contributed by atoms with E-state index in [1.54, 1.807) is 32.4 Å². The molecule has 3 atom stereocenters. The van der Waals surface area contributed by atoms with Crippen LogP contribution in [-0.2, 0) is 73.8 Å². The molecule has 1 aliphatic carbocycles. The van der Waals surface area contributed by atoms with Crippen LogP contribution in [0.15, 0.2) is 113 Å². The van der Waals surface area contributed by atoms with Crippen LogP contribution in [0.2, 0.25) is 0 Å². The highest BCUT2D eigenvalue weighted by molar-refractivity contribution is 7.86. The van der Waals surface area contributed by atoms with Crippen LogP contribution in [0.25, 0.3) is 5.57 Å². The number of carboxylic acid groups (broad SMARTS) is 1. The number of carboxylic acids is 1. The van der Waals surface area contributed by atoms with Gasteiger partial charge in [-0.25, -0.2) is 4.79 Å². The maximum atomic E-state index is 12.7. The van der Waals surface area contributed by atoms with Crippen molar-refractivity contribution in [1.29, 1.82) is 0 Å². The number of methoxy groups -OCH3 is 2. The molecule has 0 saturated heterocycles. The first-order valence-corrected chi connectivity index (χ1v) is 30.9. The minimum absolute atomic E-state index is 0.0357. The van der Waals surface area contributed by atoms with E-state index in [0.29, 0.717) is 109 Å². The van der Waals surface area contributed by atoms with Crippen LogP contribution >= 0.6 is 0 Å². The fourth-order valence-electron chi connectivity index (χ4n) is 10.9. The molecule has 0 bridgehead atoms. The number of aliphatic carboxylic acids is 1. The minimum Gasteiger partial charge on any atom is -0.482 e. The lowest BCUT2D eigenvalue weighted by atomic mass is 9.75. The SMILES string of the molecule is CCCN1c2ccccc2C(C)(CCOCCOCCOCCOC)C1/C=C/C1=C(c2ccc(OCC(=O)O)cc2)C(=C/C=C2/N(CCCS(=O)(=O)O)c3ccc(S(=O)(=O)O)cc3C2(C)CCOCCOCCOCCOC)/CCC1. The molecule has 3 unspecified atom stereocenters. The maximum absolute atomic E-state index is 12.7. The molecule has 0 saturated carbocycles. The molecule has 3 aromatic carbocycles. The Labute approximate surface area is 479 Å². The summed E-state index contributed by atoms with van der Waals surface area (Å²) in [5, 5.41) is 9.38. The van der Waals surface area contributed by atoms with Gasteiger partial charge in [0.1, 0.15) is 5.75 Å². The Kier molecular flexibility index (Phi) is 25.9. The monoisotopic (exact) mass is 1170 g/mol. The van der Waals surface area contributed by atoms with Crippen LogP contribution in [-0.4, -0.2) is 175 Å². The molecule has 21 heteroatoms. The average molecular weight is 1170 g/mol. The van der Waals surface area contributed by atoms with Gasteiger partial charge in [0.15, 0.2) is 6.61 Å². The van der Waals surface area contributed by atoms with E-state index in [0.717, 1.165) is 60.2 Å². The van der Waals surface area contributed by atoms with Gasteiger partial charge in [-0.1, -0.05) is 62.4 Å². The largest absolute Gasteiger partial charge is 0.482 e. The molecule has 3 N–H and O–H groups in total. The third kappa shape index (κ3) is 18.7. The summed E-state index contributed by atoms with van der Waals surface area (Å²) in [5.41, 5.74) is 7.11. The number of ether oxygens (including phenoxy) is 9. The number of hydrogen-bond acceptors (Lipinski definition) is 16. The van der Waals surface area contributed by atoms with E-state index in [4.69, 9.17) is 42.6 Å². The van der Waals surface area contributed by atoms with Crippen molar-refractivity contribution in [1.82, 2.24) is 0 Å². The summed E-state index contributed by atoms with van der Waals surface area (Å²) in [6, 6.07) is 20.4. The van der Waals surface area contributed by atoms with Crippen molar-refractivity contribution in [2.45, 2.75) is 87.5 Å². The number of para-hydroxylation sites is 1. The van der Waals surface area contributed by atoms with Crippen molar-refractivity contribution in [3.8, 4) is 5.75 Å². The highest BCUT2D eigenvalue weighted by atomic mass is 32.2. The highest BCUT2D eigenvalue weighted by Crippen LogP contribution is 2.52. The average Bonchev–Trinajstić information content (AvgIpc) is 4.08. The normalized spacial score (nSPS) is 20.3. The molecule has 0 fully saturated rings. The van der Waals surface area contributed by atoms with E-state index in [9.17, 15) is 35.8 Å². The fraction of sp³-hybridized carbons (Fsp3) is 0.550. The van der Waals surface area contributed by atoms with Crippen molar-refractivity contribution in [2.24, 2.45) is 0 Å². The number of rotatable bonds is 38. The number of nitrogens with zero attached hydrogens (tertiary/aromatic N) is 2. The van der Waals surface area contributed by atoms with E-state index in [1.807, 2.05) is 30.0 Å². The van der Waals surface area contributed by atoms with Crippen LogP contribution in [0, 0.1) is 0 Å². The van der Waals surface area contributed by atoms with Crippen LogP contribution in [0.5, 0.6) is 5.75 Å². The van der Waals surface area contributed by atoms with Gasteiger partial charge in [-0.2, -0.15) is 16.8 Å². The number of hydrogen-bond donors (Lipinski definition) is 3. The smallest absolute Gasteiger partial charge is 0.341 e. The number of allylic oxidation sites excluding steroid dienone is 7. The summed E-state index contributed by atoms with van der Waals surface area (Å²) in [7, 11) is -5.71. The molecule has 19 nitrogen and oxygen atoms in total. The van der Waals surface area contributed by atoms with Gasteiger partial charge in [-0.05, 0) is 128 Å². The van der Waals surface area contributed by atoms with Crippen LogP contribution in [0.1, 0.15) is 82.4 Å². The first kappa shape index (κ1) is 65.1. The Morgan fingerprint density at radius 2 is 1.28 bits per heavy atom. The summed E-state index contributed by atoms with van der Waals surface area (Å²) < 4.78 is 120. The minimum atomic E-state index is -4.63. The summed E-state index contributed by atoms with van der Waals surface area (Å²) in [5.74, 6) is -1.19. The van der Waals surface area contributed by atoms with Crippen molar-refractivity contribution >= 4 is 43.2 Å². The van der Waals surface area contributed by atoms with Crippen molar-refractivity contribution in [3.63, 3.8) is 0 Å². The van der Waals surface area contributed by atoms with Gasteiger partial charge >= 0.3 is 5.97 Å². The first-order chi connectivity index (χ1) is 38.9. The van der Waals surface area contributed by atoms with Gasteiger partial charge < -0.3 is 57.5 Å². The van der Waals surface area contributed by atoms with Gasteiger partial charge in [0, 0.05) is 68.4 Å². The quantitative estimate of drug-likeness (QED) is 0.0360. The molecule has 0 aromatic heterocycles. The standard InChI is InChI=1S/C60H84N2O17S2/c1-6-27-61-53-14-8-7-13-51(53)59(2,25-29-73-35-37-77-41-39-75-33-31-71-4)55(61)23-17-46-11-9-12-47(58(46)48-15-19-49(20-16-48)79-45-57(63)64)18-24-56-60(3,26-30-74-36-38-78-42-40-76-34-32-72-5)52-44-50(81(68,69)70)21-22-54(52)62(56)28-10-43-80(65,66)67/h7-8,13-24,44,55H,6,9-12,25-43,45H2,1-5H3,(H,63,64)(H,65,66,67)(H,68,69,70)/b23-17+,47-18+,56-24+. The third-order valence-electron chi connectivity index (χ3n) is 14.9. The van der Waals surface area contributed by atoms with Gasteiger partial charge in [0.05, 0.1) is 96.0 Å². The lowest BCUT2D eigenvalue weighted by Crippen LogP contribution is -2.43. The Morgan fingerprint density at radius 1 is 0.691 bits per heavy atom. The van der Waals surface area contributed by atoms with E-state index in [-0.39, 0.29) is 42.5 Å². The summed E-state index contributed by atoms with van der Waals surface area (Å²) in [6.07, 6.45) is 13.0. The van der Waals surface area contributed by atoms with Crippen LogP contribution in [0.4, 0.5) is 11.4 Å². The highest BCUT2D eigenvalue weighted by Gasteiger charge is 2.46. The van der Waals surface area contributed by atoms with Crippen molar-refractivity contribution in [2.75, 3.05) is 142 Å². The zero-order valence-electron chi connectivity index (χ0n) is 47.7. The summed E-state index contributed by atoms with van der Waals surface area (Å²) >= 11 is 0. The topological polar surface area (TPSA) is 236 Å². The number of carbonyl (C=O) groups is 1. The molecule has 81 heavy (non-hydrogen) atoms. The van der Waals surface area contributed by atoms with Crippen LogP contribution < -0.4 is 14.5 Å². The summed E-state index contributed by atoms with van der Waals surface area (Å²) in [6.45, 7) is 12.9. The Morgan fingerprint density at radius 3 is 1.86 bits per heavy atom. The predicted molar refractivity (Wildman–Crippen MR) is 311 cm³/mol. The molecule has 2 heterocycles. The van der Waals surface area contributed by atoms with E-state index in [2.05, 4.69) is 61.2 Å². The lowest BCUT2D eigenvalue weighted by Gasteiger charge is -2.35. The molecular weight excluding hydrogens is 1080 g/mol. The molecule has 0 spiro atoms. The molecule has 448 valence electrons. The second-order valence-corrected chi connectivity index (χ2v) is 23.6. The second-order valence-electron chi connectivity index (χ2n) is 20.6. The zero-order chi connectivity index (χ0) is 58.3. The van der Waals surface area contributed by atoms with Gasteiger partial charge in [-0.15, -0.1) is 0 Å². The predicted octanol–water partition coefficient (Wildman–Crippen LogP) is 8.49. The molecule has 0 amide bonds. The van der Waals surface area contributed by atoms with Gasteiger partial charge in [-0.3, -0.25) is 9.11 Å². The second kappa shape index (κ2) is 32.2. The van der Waals surface area contributed by atoms with E-state index >= 15 is 0 Å². The van der Waals surface area contributed by atoms with Crippen molar-refractivity contribution in [3.05, 3.63) is 125 Å². The molecule has 0 radical (unpaired) electrons. The first-order valence-electron chi connectivity index (χ1n) is 27.9.